The smallest absolute Gasteiger partial charge is 0.312 e. The molecular formula is C19H32O4. The van der Waals surface area contributed by atoms with Gasteiger partial charge in [-0.15, -0.1) is 0 Å². The molecule has 0 aromatic rings. The lowest BCUT2D eigenvalue weighted by molar-refractivity contribution is -0.177. The first-order valence-corrected chi connectivity index (χ1v) is 9.11. The fraction of sp³-hybridized carbons (Fsp3) is 0.895. The Hall–Kier alpha value is -0.900. The molecule has 0 aliphatic heterocycles. The average Bonchev–Trinajstić information content (AvgIpc) is 3.03. The van der Waals surface area contributed by atoms with Gasteiger partial charge in [-0.25, -0.2) is 0 Å². The molecular weight excluding hydrogens is 292 g/mol. The number of carbonyl (C=O) groups excluding carboxylic acids is 2. The summed E-state index contributed by atoms with van der Waals surface area (Å²) in [5.41, 5.74) is -0.486. The van der Waals surface area contributed by atoms with Crippen molar-refractivity contribution < 1.29 is 19.4 Å². The minimum atomic E-state index is -0.686. The lowest BCUT2D eigenvalue weighted by Crippen LogP contribution is -2.46. The molecule has 6 unspecified atom stereocenters. The molecule has 0 saturated heterocycles. The topological polar surface area (TPSA) is 63.6 Å². The number of carbonyl (C=O) groups is 2. The van der Waals surface area contributed by atoms with Crippen LogP contribution in [-0.2, 0) is 14.3 Å². The highest BCUT2D eigenvalue weighted by atomic mass is 16.6. The van der Waals surface area contributed by atoms with Crippen LogP contribution in [0.2, 0.25) is 0 Å². The molecule has 0 radical (unpaired) electrons. The second-order valence-electron chi connectivity index (χ2n) is 8.32. The summed E-state index contributed by atoms with van der Waals surface area (Å²) in [4.78, 5) is 24.1. The molecule has 2 bridgehead atoms. The van der Waals surface area contributed by atoms with E-state index in [0.29, 0.717) is 5.92 Å². The second-order valence-corrected chi connectivity index (χ2v) is 8.32. The maximum Gasteiger partial charge on any atom is 0.312 e. The predicted molar refractivity (Wildman–Crippen MR) is 88.7 cm³/mol. The lowest BCUT2D eigenvalue weighted by Gasteiger charge is -2.39. The SMILES string of the molecule is CCC(CC(C)C)(C(=O)OC1C2CC(C=O)C(C2)C1O)C(C)C. The quantitative estimate of drug-likeness (QED) is 0.577. The number of aldehydes is 1. The van der Waals surface area contributed by atoms with E-state index in [1.807, 2.05) is 6.92 Å². The van der Waals surface area contributed by atoms with E-state index in [1.54, 1.807) is 0 Å². The van der Waals surface area contributed by atoms with Gasteiger partial charge in [-0.3, -0.25) is 4.79 Å². The highest BCUT2D eigenvalue weighted by Crippen LogP contribution is 2.50. The molecule has 23 heavy (non-hydrogen) atoms. The van der Waals surface area contributed by atoms with Crippen molar-refractivity contribution in [1.29, 1.82) is 0 Å². The maximum absolute atomic E-state index is 13.0. The van der Waals surface area contributed by atoms with E-state index in [-0.39, 0.29) is 29.6 Å². The summed E-state index contributed by atoms with van der Waals surface area (Å²) < 4.78 is 5.86. The summed E-state index contributed by atoms with van der Waals surface area (Å²) in [7, 11) is 0. The van der Waals surface area contributed by atoms with E-state index in [4.69, 9.17) is 4.74 Å². The zero-order valence-corrected chi connectivity index (χ0v) is 15.1. The Morgan fingerprint density at radius 3 is 2.39 bits per heavy atom. The highest BCUT2D eigenvalue weighted by Gasteiger charge is 2.55. The number of esters is 1. The van der Waals surface area contributed by atoms with E-state index in [0.717, 1.165) is 32.0 Å². The molecule has 0 aromatic carbocycles. The van der Waals surface area contributed by atoms with Gasteiger partial charge in [-0.1, -0.05) is 34.6 Å². The Kier molecular flexibility index (Phi) is 5.55. The van der Waals surface area contributed by atoms with E-state index in [9.17, 15) is 14.7 Å². The lowest BCUT2D eigenvalue weighted by atomic mass is 9.69. The van der Waals surface area contributed by atoms with Gasteiger partial charge in [0.25, 0.3) is 0 Å². The van der Waals surface area contributed by atoms with Crippen LogP contribution in [0.5, 0.6) is 0 Å². The van der Waals surface area contributed by atoms with E-state index >= 15 is 0 Å². The number of aliphatic hydroxyl groups is 1. The molecule has 2 fully saturated rings. The molecule has 6 atom stereocenters. The summed E-state index contributed by atoms with van der Waals surface area (Å²) in [6.07, 6.45) is 2.93. The Morgan fingerprint density at radius 2 is 1.96 bits per heavy atom. The van der Waals surface area contributed by atoms with Crippen LogP contribution in [0.25, 0.3) is 0 Å². The molecule has 2 rings (SSSR count). The Balaban J connectivity index is 2.12. The van der Waals surface area contributed by atoms with Crippen LogP contribution in [-0.4, -0.2) is 29.6 Å². The van der Waals surface area contributed by atoms with Gasteiger partial charge in [0.1, 0.15) is 12.4 Å². The number of fused-ring (bicyclic) bond motifs is 2. The van der Waals surface area contributed by atoms with Crippen LogP contribution in [0.1, 0.15) is 60.3 Å². The Labute approximate surface area is 140 Å². The van der Waals surface area contributed by atoms with Crippen molar-refractivity contribution >= 4 is 12.3 Å². The average molecular weight is 324 g/mol. The molecule has 0 amide bonds. The van der Waals surface area contributed by atoms with E-state index < -0.39 is 17.6 Å². The third-order valence-electron chi connectivity index (χ3n) is 6.27. The largest absolute Gasteiger partial charge is 0.459 e. The summed E-state index contributed by atoms with van der Waals surface area (Å²) in [5, 5.41) is 10.5. The molecule has 0 spiro atoms. The van der Waals surface area contributed by atoms with Crippen LogP contribution < -0.4 is 0 Å². The molecule has 1 N–H and O–H groups in total. The fourth-order valence-electron chi connectivity index (χ4n) is 4.87. The monoisotopic (exact) mass is 324 g/mol. The van der Waals surface area contributed by atoms with Gasteiger partial charge in [0.2, 0.25) is 0 Å². The van der Waals surface area contributed by atoms with Crippen molar-refractivity contribution in [2.24, 2.45) is 35.0 Å². The Morgan fingerprint density at radius 1 is 1.30 bits per heavy atom. The minimum Gasteiger partial charge on any atom is -0.459 e. The first-order chi connectivity index (χ1) is 10.8. The minimum absolute atomic E-state index is 0.0320. The third-order valence-corrected chi connectivity index (χ3v) is 6.27. The normalized spacial score (nSPS) is 35.6. The molecule has 0 heterocycles. The maximum atomic E-state index is 13.0. The number of ether oxygens (including phenoxy) is 1. The van der Waals surface area contributed by atoms with E-state index in [2.05, 4.69) is 27.7 Å². The summed E-state index contributed by atoms with van der Waals surface area (Å²) >= 11 is 0. The molecule has 2 aliphatic carbocycles. The van der Waals surface area contributed by atoms with Gasteiger partial charge in [-0.05, 0) is 49.4 Å². The molecule has 4 nitrogen and oxygen atoms in total. The second kappa shape index (κ2) is 6.92. The van der Waals surface area contributed by atoms with Crippen molar-refractivity contribution in [3.8, 4) is 0 Å². The molecule has 0 aromatic heterocycles. The van der Waals surface area contributed by atoms with Crippen molar-refractivity contribution in [2.45, 2.75) is 72.5 Å². The van der Waals surface area contributed by atoms with Crippen LogP contribution in [0.3, 0.4) is 0 Å². The van der Waals surface area contributed by atoms with E-state index in [1.165, 1.54) is 0 Å². The number of rotatable bonds is 7. The standard InChI is InChI=1S/C19H32O4/c1-6-19(12(4)5,9-11(2)3)18(22)23-17-13-7-14(10-20)15(8-13)16(17)21/h10-17,21H,6-9H2,1-5H3. The zero-order chi connectivity index (χ0) is 17.4. The van der Waals surface area contributed by atoms with Crippen molar-refractivity contribution in [3.05, 3.63) is 0 Å². The van der Waals surface area contributed by atoms with Crippen molar-refractivity contribution in [3.63, 3.8) is 0 Å². The van der Waals surface area contributed by atoms with Gasteiger partial charge >= 0.3 is 5.97 Å². The first-order valence-electron chi connectivity index (χ1n) is 9.11. The number of hydrogen-bond acceptors (Lipinski definition) is 4. The first kappa shape index (κ1) is 18.4. The van der Waals surface area contributed by atoms with Gasteiger partial charge in [0.15, 0.2) is 0 Å². The zero-order valence-electron chi connectivity index (χ0n) is 15.1. The fourth-order valence-corrected chi connectivity index (χ4v) is 4.87. The van der Waals surface area contributed by atoms with Crippen molar-refractivity contribution in [2.75, 3.05) is 0 Å². The van der Waals surface area contributed by atoms with Crippen LogP contribution in [0.15, 0.2) is 0 Å². The molecule has 132 valence electrons. The van der Waals surface area contributed by atoms with Crippen LogP contribution in [0, 0.1) is 35.0 Å². The third kappa shape index (κ3) is 3.19. The molecule has 2 aliphatic rings. The number of aliphatic hydroxyl groups excluding tert-OH is 1. The number of hydrogen-bond donors (Lipinski definition) is 1. The van der Waals surface area contributed by atoms with Crippen molar-refractivity contribution in [1.82, 2.24) is 0 Å². The van der Waals surface area contributed by atoms with Gasteiger partial charge in [0, 0.05) is 5.92 Å². The molecule has 2 saturated carbocycles. The van der Waals surface area contributed by atoms with Gasteiger partial charge in [-0.2, -0.15) is 0 Å². The van der Waals surface area contributed by atoms with Crippen LogP contribution >= 0.6 is 0 Å². The highest BCUT2D eigenvalue weighted by molar-refractivity contribution is 5.77. The van der Waals surface area contributed by atoms with Gasteiger partial charge < -0.3 is 14.6 Å². The summed E-state index contributed by atoms with van der Waals surface area (Å²) in [6, 6.07) is 0. The molecule has 4 heteroatoms. The Bertz CT molecular complexity index is 443. The van der Waals surface area contributed by atoms with Crippen LogP contribution in [0.4, 0.5) is 0 Å². The summed E-state index contributed by atoms with van der Waals surface area (Å²) in [6.45, 7) is 10.4. The predicted octanol–water partition coefficient (Wildman–Crippen LogP) is 3.21. The van der Waals surface area contributed by atoms with Gasteiger partial charge in [0.05, 0.1) is 11.5 Å². The summed E-state index contributed by atoms with van der Waals surface area (Å²) in [5.74, 6) is 0.477.